The Hall–Kier alpha value is -2.41. The molecule has 0 bridgehead atoms. The first-order valence-electron chi connectivity index (χ1n) is 8.25. The molecule has 2 atom stereocenters. The Morgan fingerprint density at radius 1 is 1.42 bits per heavy atom. The number of rotatable bonds is 4. The van der Waals surface area contributed by atoms with E-state index in [-0.39, 0.29) is 0 Å². The molecule has 4 heterocycles. The monoisotopic (exact) mass is 324 g/mol. The van der Waals surface area contributed by atoms with E-state index in [0.717, 1.165) is 53.6 Å². The highest BCUT2D eigenvalue weighted by atomic mass is 16.5. The van der Waals surface area contributed by atoms with Gasteiger partial charge in [0.1, 0.15) is 17.8 Å². The summed E-state index contributed by atoms with van der Waals surface area (Å²) in [6.45, 7) is 2.90. The third kappa shape index (κ3) is 1.91. The van der Waals surface area contributed by atoms with Gasteiger partial charge in [-0.15, -0.1) is 0 Å². The first-order valence-corrected chi connectivity index (χ1v) is 8.25. The van der Waals surface area contributed by atoms with E-state index in [0.29, 0.717) is 5.41 Å². The molecular formula is C17H20N6O. The number of H-pyrrole nitrogens is 1. The summed E-state index contributed by atoms with van der Waals surface area (Å²) in [5.74, 6) is 1.74. The van der Waals surface area contributed by atoms with Gasteiger partial charge in [-0.05, 0) is 12.3 Å². The van der Waals surface area contributed by atoms with E-state index in [1.165, 1.54) is 6.42 Å². The van der Waals surface area contributed by atoms with Crippen LogP contribution in [0.4, 0.5) is 5.82 Å². The van der Waals surface area contributed by atoms with Crippen LogP contribution < -0.4 is 4.90 Å². The molecule has 3 aromatic rings. The van der Waals surface area contributed by atoms with Gasteiger partial charge in [0.15, 0.2) is 0 Å². The molecule has 124 valence electrons. The number of fused-ring (bicyclic) bond motifs is 2. The first-order chi connectivity index (χ1) is 11.7. The molecule has 1 saturated carbocycles. The molecule has 7 heteroatoms. The lowest BCUT2D eigenvalue weighted by Crippen LogP contribution is -2.27. The third-order valence-corrected chi connectivity index (χ3v) is 5.50. The molecule has 1 N–H and O–H groups in total. The van der Waals surface area contributed by atoms with Crippen LogP contribution in [0.3, 0.4) is 0 Å². The van der Waals surface area contributed by atoms with Crippen LogP contribution in [0.5, 0.6) is 0 Å². The Balaban J connectivity index is 1.58. The van der Waals surface area contributed by atoms with Gasteiger partial charge in [0, 0.05) is 56.2 Å². The van der Waals surface area contributed by atoms with Crippen molar-refractivity contribution >= 4 is 16.9 Å². The van der Waals surface area contributed by atoms with Gasteiger partial charge in [-0.2, -0.15) is 5.10 Å². The van der Waals surface area contributed by atoms with E-state index in [1.54, 1.807) is 13.4 Å². The second-order valence-corrected chi connectivity index (χ2v) is 7.10. The van der Waals surface area contributed by atoms with E-state index >= 15 is 0 Å². The molecule has 2 aliphatic rings. The maximum absolute atomic E-state index is 5.45. The fourth-order valence-corrected chi connectivity index (χ4v) is 4.24. The van der Waals surface area contributed by atoms with Crippen LogP contribution in [-0.2, 0) is 11.8 Å². The molecule has 3 aromatic heterocycles. The lowest BCUT2D eigenvalue weighted by molar-refractivity contribution is 0.144. The van der Waals surface area contributed by atoms with Gasteiger partial charge in [-0.25, -0.2) is 9.97 Å². The van der Waals surface area contributed by atoms with Crippen molar-refractivity contribution in [1.82, 2.24) is 24.7 Å². The van der Waals surface area contributed by atoms with Crippen LogP contribution in [0.2, 0.25) is 0 Å². The lowest BCUT2D eigenvalue weighted by Gasteiger charge is -2.22. The SMILES string of the molecule is COCC12CC1CN(c1ncnc3[nH]cc(-c4cnn(C)c4)c13)C2. The Morgan fingerprint density at radius 2 is 2.33 bits per heavy atom. The fraction of sp³-hybridized carbons (Fsp3) is 0.471. The minimum atomic E-state index is 0.330. The van der Waals surface area contributed by atoms with Gasteiger partial charge in [-0.3, -0.25) is 4.68 Å². The standard InChI is InChI=1S/C17H20N6O/c1-22-6-11(4-21-22)13-5-18-15-14(13)16(20-10-19-15)23-7-12-3-17(12,8-23)9-24-2/h4-6,10,12H,3,7-9H2,1-2H3,(H,18,19,20). The Morgan fingerprint density at radius 3 is 3.12 bits per heavy atom. The highest BCUT2D eigenvalue weighted by Crippen LogP contribution is 2.58. The number of nitrogens with one attached hydrogen (secondary N) is 1. The van der Waals surface area contributed by atoms with Crippen LogP contribution in [0.1, 0.15) is 6.42 Å². The predicted octanol–water partition coefficient (Wildman–Crippen LogP) is 1.83. The topological polar surface area (TPSA) is 71.9 Å². The molecule has 24 heavy (non-hydrogen) atoms. The van der Waals surface area contributed by atoms with Crippen LogP contribution in [0, 0.1) is 11.3 Å². The summed E-state index contributed by atoms with van der Waals surface area (Å²) >= 11 is 0. The molecule has 0 amide bonds. The molecular weight excluding hydrogens is 304 g/mol. The number of aromatic amines is 1. The number of nitrogens with zero attached hydrogens (tertiary/aromatic N) is 5. The van der Waals surface area contributed by atoms with Crippen LogP contribution in [0.25, 0.3) is 22.2 Å². The van der Waals surface area contributed by atoms with Crippen LogP contribution in [-0.4, -0.2) is 51.5 Å². The summed E-state index contributed by atoms with van der Waals surface area (Å²) in [4.78, 5) is 14.7. The Labute approximate surface area is 139 Å². The van der Waals surface area contributed by atoms with Crippen molar-refractivity contribution in [2.75, 3.05) is 31.7 Å². The molecule has 0 aromatic carbocycles. The highest BCUT2D eigenvalue weighted by Gasteiger charge is 2.60. The van der Waals surface area contributed by atoms with Crippen LogP contribution in [0.15, 0.2) is 24.9 Å². The molecule has 0 radical (unpaired) electrons. The fourth-order valence-electron chi connectivity index (χ4n) is 4.24. The van der Waals surface area contributed by atoms with Gasteiger partial charge in [0.2, 0.25) is 0 Å². The zero-order valence-electron chi connectivity index (χ0n) is 13.9. The summed E-state index contributed by atoms with van der Waals surface area (Å²) < 4.78 is 7.26. The lowest BCUT2D eigenvalue weighted by atomic mass is 10.1. The maximum atomic E-state index is 5.45. The number of hydrogen-bond acceptors (Lipinski definition) is 5. The molecule has 0 spiro atoms. The molecule has 2 fully saturated rings. The average Bonchev–Trinajstić information content (AvgIpc) is 2.97. The first kappa shape index (κ1) is 14.0. The minimum absolute atomic E-state index is 0.330. The summed E-state index contributed by atoms with van der Waals surface area (Å²) in [6, 6.07) is 0. The van der Waals surface area contributed by atoms with Crippen molar-refractivity contribution in [2.24, 2.45) is 18.4 Å². The molecule has 1 aliphatic carbocycles. The predicted molar refractivity (Wildman–Crippen MR) is 90.7 cm³/mol. The summed E-state index contributed by atoms with van der Waals surface area (Å²) in [5, 5.41) is 5.38. The zero-order chi connectivity index (χ0) is 16.3. The zero-order valence-corrected chi connectivity index (χ0v) is 13.9. The van der Waals surface area contributed by atoms with E-state index < -0.39 is 0 Å². The number of ether oxygens (including phenoxy) is 1. The van der Waals surface area contributed by atoms with E-state index in [2.05, 4.69) is 25.0 Å². The summed E-state index contributed by atoms with van der Waals surface area (Å²) in [7, 11) is 3.72. The molecule has 2 unspecified atom stereocenters. The smallest absolute Gasteiger partial charge is 0.143 e. The average molecular weight is 324 g/mol. The van der Waals surface area contributed by atoms with Gasteiger partial charge in [-0.1, -0.05) is 0 Å². The third-order valence-electron chi connectivity index (χ3n) is 5.50. The molecule has 5 rings (SSSR count). The second kappa shape index (κ2) is 4.80. The summed E-state index contributed by atoms with van der Waals surface area (Å²) in [5.41, 5.74) is 3.39. The van der Waals surface area contributed by atoms with Crippen molar-refractivity contribution in [1.29, 1.82) is 0 Å². The van der Waals surface area contributed by atoms with Crippen molar-refractivity contribution in [2.45, 2.75) is 6.42 Å². The van der Waals surface area contributed by atoms with Crippen molar-refractivity contribution < 1.29 is 4.74 Å². The molecule has 1 saturated heterocycles. The van der Waals surface area contributed by atoms with E-state index in [9.17, 15) is 0 Å². The molecule has 7 nitrogen and oxygen atoms in total. The van der Waals surface area contributed by atoms with Crippen LogP contribution >= 0.6 is 0 Å². The summed E-state index contributed by atoms with van der Waals surface area (Å²) in [6.07, 6.45) is 8.82. The number of methoxy groups -OCH3 is 1. The highest BCUT2D eigenvalue weighted by molar-refractivity contribution is 6.01. The van der Waals surface area contributed by atoms with Gasteiger partial charge in [0.25, 0.3) is 0 Å². The number of hydrogen-bond donors (Lipinski definition) is 1. The largest absolute Gasteiger partial charge is 0.384 e. The maximum Gasteiger partial charge on any atom is 0.143 e. The van der Waals surface area contributed by atoms with E-state index in [1.807, 2.05) is 30.3 Å². The minimum Gasteiger partial charge on any atom is -0.384 e. The molecule has 1 aliphatic heterocycles. The Kier molecular flexibility index (Phi) is 2.79. The Bertz CT molecular complexity index is 915. The van der Waals surface area contributed by atoms with Crippen molar-refractivity contribution in [3.8, 4) is 11.1 Å². The number of piperidine rings is 1. The van der Waals surface area contributed by atoms with Crippen molar-refractivity contribution in [3.05, 3.63) is 24.9 Å². The number of anilines is 1. The van der Waals surface area contributed by atoms with Gasteiger partial charge >= 0.3 is 0 Å². The van der Waals surface area contributed by atoms with Gasteiger partial charge in [0.05, 0.1) is 18.2 Å². The second-order valence-electron chi connectivity index (χ2n) is 7.10. The van der Waals surface area contributed by atoms with E-state index in [4.69, 9.17) is 4.74 Å². The number of aromatic nitrogens is 5. The normalized spacial score (nSPS) is 25.4. The van der Waals surface area contributed by atoms with Crippen molar-refractivity contribution in [3.63, 3.8) is 0 Å². The number of aryl methyl sites for hydroxylation is 1. The quantitative estimate of drug-likeness (QED) is 0.793. The van der Waals surface area contributed by atoms with Gasteiger partial charge < -0.3 is 14.6 Å².